The van der Waals surface area contributed by atoms with Crippen molar-refractivity contribution in [3.63, 3.8) is 0 Å². The number of aromatic amines is 1. The first kappa shape index (κ1) is 18.6. The largest absolute Gasteiger partial charge is 0.361 e. The fraction of sp³-hybridized carbons (Fsp3) is 0.273. The lowest BCUT2D eigenvalue weighted by Crippen LogP contribution is -2.44. The van der Waals surface area contributed by atoms with Crippen molar-refractivity contribution in [3.8, 4) is 0 Å². The SMILES string of the molecule is O=C(NCCc1ccc(Cl)cc1)C1CCC(=O)N1Cc1c[nH]c2ccccc12. The molecule has 1 unspecified atom stereocenters. The van der Waals surface area contributed by atoms with Crippen molar-refractivity contribution < 1.29 is 9.59 Å². The molecule has 2 heterocycles. The van der Waals surface area contributed by atoms with Crippen molar-refractivity contribution in [3.05, 3.63) is 70.9 Å². The minimum absolute atomic E-state index is 0.0307. The van der Waals surface area contributed by atoms with Crippen LogP contribution in [-0.4, -0.2) is 34.3 Å². The molecule has 0 radical (unpaired) electrons. The van der Waals surface area contributed by atoms with Gasteiger partial charge in [-0.15, -0.1) is 0 Å². The Morgan fingerprint density at radius 2 is 1.96 bits per heavy atom. The number of hydrogen-bond donors (Lipinski definition) is 2. The van der Waals surface area contributed by atoms with E-state index in [4.69, 9.17) is 11.6 Å². The van der Waals surface area contributed by atoms with Gasteiger partial charge in [-0.3, -0.25) is 9.59 Å². The summed E-state index contributed by atoms with van der Waals surface area (Å²) in [5.74, 6) is -0.0530. The predicted molar refractivity (Wildman–Crippen MR) is 110 cm³/mol. The molecule has 1 aliphatic heterocycles. The van der Waals surface area contributed by atoms with Gasteiger partial charge in [-0.05, 0) is 42.2 Å². The highest BCUT2D eigenvalue weighted by Gasteiger charge is 2.36. The van der Waals surface area contributed by atoms with Crippen LogP contribution < -0.4 is 5.32 Å². The Labute approximate surface area is 168 Å². The minimum Gasteiger partial charge on any atom is -0.361 e. The Morgan fingerprint density at radius 1 is 1.18 bits per heavy atom. The minimum atomic E-state index is -0.411. The number of likely N-dealkylation sites (tertiary alicyclic amines) is 1. The van der Waals surface area contributed by atoms with Crippen LogP contribution in [0.2, 0.25) is 5.02 Å². The number of amides is 2. The molecule has 6 heteroatoms. The van der Waals surface area contributed by atoms with Crippen LogP contribution in [0.3, 0.4) is 0 Å². The van der Waals surface area contributed by atoms with Crippen LogP contribution >= 0.6 is 11.6 Å². The van der Waals surface area contributed by atoms with E-state index in [0.717, 1.165) is 28.5 Å². The topological polar surface area (TPSA) is 65.2 Å². The van der Waals surface area contributed by atoms with Crippen molar-refractivity contribution in [2.45, 2.75) is 31.8 Å². The van der Waals surface area contributed by atoms with E-state index in [1.807, 2.05) is 54.7 Å². The summed E-state index contributed by atoms with van der Waals surface area (Å²) in [6.07, 6.45) is 3.63. The van der Waals surface area contributed by atoms with E-state index in [0.29, 0.717) is 31.0 Å². The van der Waals surface area contributed by atoms with Gasteiger partial charge in [0, 0.05) is 41.6 Å². The van der Waals surface area contributed by atoms with E-state index in [-0.39, 0.29) is 11.8 Å². The van der Waals surface area contributed by atoms with Gasteiger partial charge in [0.2, 0.25) is 11.8 Å². The Balaban J connectivity index is 1.39. The fourth-order valence-electron chi connectivity index (χ4n) is 3.75. The summed E-state index contributed by atoms with van der Waals surface area (Å²) in [6.45, 7) is 0.976. The monoisotopic (exact) mass is 395 g/mol. The summed E-state index contributed by atoms with van der Waals surface area (Å²) in [5.41, 5.74) is 3.18. The Morgan fingerprint density at radius 3 is 2.79 bits per heavy atom. The molecule has 2 N–H and O–H groups in total. The predicted octanol–water partition coefficient (Wildman–Crippen LogP) is 3.67. The van der Waals surface area contributed by atoms with E-state index in [1.165, 1.54) is 0 Å². The number of para-hydroxylation sites is 1. The van der Waals surface area contributed by atoms with Crippen molar-refractivity contribution >= 4 is 34.3 Å². The summed E-state index contributed by atoms with van der Waals surface area (Å²) in [5, 5.41) is 4.77. The first-order chi connectivity index (χ1) is 13.6. The molecule has 28 heavy (non-hydrogen) atoms. The molecule has 0 bridgehead atoms. The highest BCUT2D eigenvalue weighted by molar-refractivity contribution is 6.30. The van der Waals surface area contributed by atoms with Gasteiger partial charge in [-0.25, -0.2) is 0 Å². The highest BCUT2D eigenvalue weighted by Crippen LogP contribution is 2.25. The molecule has 2 amide bonds. The Hall–Kier alpha value is -2.79. The Kier molecular flexibility index (Phi) is 5.35. The molecular formula is C22H22ClN3O2. The summed E-state index contributed by atoms with van der Waals surface area (Å²) in [7, 11) is 0. The summed E-state index contributed by atoms with van der Waals surface area (Å²) < 4.78 is 0. The van der Waals surface area contributed by atoms with Gasteiger partial charge in [-0.1, -0.05) is 41.9 Å². The van der Waals surface area contributed by atoms with E-state index in [2.05, 4.69) is 10.3 Å². The van der Waals surface area contributed by atoms with Gasteiger partial charge in [-0.2, -0.15) is 0 Å². The second-order valence-electron chi connectivity index (χ2n) is 7.10. The van der Waals surface area contributed by atoms with Crippen molar-refractivity contribution in [2.75, 3.05) is 6.54 Å². The third kappa shape index (κ3) is 3.90. The van der Waals surface area contributed by atoms with Gasteiger partial charge in [0.25, 0.3) is 0 Å². The lowest BCUT2D eigenvalue weighted by molar-refractivity contribution is -0.135. The van der Waals surface area contributed by atoms with Crippen LogP contribution in [0.1, 0.15) is 24.0 Å². The number of H-pyrrole nitrogens is 1. The molecule has 1 aromatic heterocycles. The number of benzene rings is 2. The molecule has 144 valence electrons. The normalized spacial score (nSPS) is 16.7. The number of rotatable bonds is 6. The van der Waals surface area contributed by atoms with E-state index < -0.39 is 6.04 Å². The molecular weight excluding hydrogens is 374 g/mol. The quantitative estimate of drug-likeness (QED) is 0.668. The molecule has 1 aliphatic rings. The molecule has 5 nitrogen and oxygen atoms in total. The maximum Gasteiger partial charge on any atom is 0.242 e. The third-order valence-corrected chi connectivity index (χ3v) is 5.52. The zero-order valence-electron chi connectivity index (χ0n) is 15.5. The van der Waals surface area contributed by atoms with Crippen LogP contribution in [0.15, 0.2) is 54.7 Å². The second kappa shape index (κ2) is 8.07. The van der Waals surface area contributed by atoms with Crippen LogP contribution in [0.4, 0.5) is 0 Å². The maximum atomic E-state index is 12.7. The zero-order valence-corrected chi connectivity index (χ0v) is 16.2. The molecule has 0 aliphatic carbocycles. The Bertz CT molecular complexity index is 996. The highest BCUT2D eigenvalue weighted by atomic mass is 35.5. The first-order valence-corrected chi connectivity index (χ1v) is 9.86. The number of nitrogens with one attached hydrogen (secondary N) is 2. The van der Waals surface area contributed by atoms with E-state index in [9.17, 15) is 9.59 Å². The number of hydrogen-bond acceptors (Lipinski definition) is 2. The van der Waals surface area contributed by atoms with Crippen molar-refractivity contribution in [1.82, 2.24) is 15.2 Å². The lowest BCUT2D eigenvalue weighted by Gasteiger charge is -2.24. The standard InChI is InChI=1S/C22H22ClN3O2/c23-17-7-5-15(6-8-17)11-12-24-22(28)20-9-10-21(27)26(20)14-16-13-25-19-4-2-1-3-18(16)19/h1-8,13,20,25H,9-12,14H2,(H,24,28). The van der Waals surface area contributed by atoms with Crippen LogP contribution in [-0.2, 0) is 22.6 Å². The molecule has 1 atom stereocenters. The van der Waals surface area contributed by atoms with Crippen molar-refractivity contribution in [2.24, 2.45) is 0 Å². The smallest absolute Gasteiger partial charge is 0.242 e. The number of fused-ring (bicyclic) bond motifs is 1. The second-order valence-corrected chi connectivity index (χ2v) is 7.54. The lowest BCUT2D eigenvalue weighted by atomic mass is 10.1. The number of carbonyl (C=O) groups excluding carboxylic acids is 2. The van der Waals surface area contributed by atoms with Crippen molar-refractivity contribution in [1.29, 1.82) is 0 Å². The summed E-state index contributed by atoms with van der Waals surface area (Å²) in [4.78, 5) is 30.0. The molecule has 1 fully saturated rings. The number of halogens is 1. The van der Waals surface area contributed by atoms with Gasteiger partial charge < -0.3 is 15.2 Å². The van der Waals surface area contributed by atoms with Gasteiger partial charge in [0.05, 0.1) is 0 Å². The summed E-state index contributed by atoms with van der Waals surface area (Å²) in [6, 6.07) is 15.2. The first-order valence-electron chi connectivity index (χ1n) is 9.48. The zero-order chi connectivity index (χ0) is 19.5. The van der Waals surface area contributed by atoms with Crippen LogP contribution in [0.25, 0.3) is 10.9 Å². The van der Waals surface area contributed by atoms with Crippen LogP contribution in [0, 0.1) is 0 Å². The van der Waals surface area contributed by atoms with Gasteiger partial charge in [0.1, 0.15) is 6.04 Å². The molecule has 2 aromatic carbocycles. The average molecular weight is 396 g/mol. The molecule has 0 spiro atoms. The molecule has 1 saturated heterocycles. The maximum absolute atomic E-state index is 12.7. The van der Waals surface area contributed by atoms with E-state index >= 15 is 0 Å². The van der Waals surface area contributed by atoms with Gasteiger partial charge >= 0.3 is 0 Å². The fourth-order valence-corrected chi connectivity index (χ4v) is 3.88. The molecule has 0 saturated carbocycles. The third-order valence-electron chi connectivity index (χ3n) is 5.27. The van der Waals surface area contributed by atoms with Crippen LogP contribution in [0.5, 0.6) is 0 Å². The number of nitrogens with zero attached hydrogens (tertiary/aromatic N) is 1. The average Bonchev–Trinajstić information content (AvgIpc) is 3.28. The number of aromatic nitrogens is 1. The summed E-state index contributed by atoms with van der Waals surface area (Å²) >= 11 is 5.90. The molecule has 3 aromatic rings. The van der Waals surface area contributed by atoms with E-state index in [1.54, 1.807) is 4.90 Å². The van der Waals surface area contributed by atoms with Gasteiger partial charge in [0.15, 0.2) is 0 Å². The number of carbonyl (C=O) groups is 2. The molecule has 4 rings (SSSR count).